The molecule has 2 rings (SSSR count). The van der Waals surface area contributed by atoms with Crippen molar-refractivity contribution in [3.63, 3.8) is 0 Å². The van der Waals surface area contributed by atoms with Crippen LogP contribution in [0, 0.1) is 0 Å². The van der Waals surface area contributed by atoms with Crippen molar-refractivity contribution in [1.29, 1.82) is 0 Å². The molecule has 21 heavy (non-hydrogen) atoms. The molecule has 0 aliphatic carbocycles. The summed E-state index contributed by atoms with van der Waals surface area (Å²) in [4.78, 5) is 35.8. The number of carbonyl (C=O) groups excluding carboxylic acids is 3. The minimum atomic E-state index is -0.896. The Morgan fingerprint density at radius 2 is 2.10 bits per heavy atom. The fourth-order valence-corrected chi connectivity index (χ4v) is 2.01. The Morgan fingerprint density at radius 3 is 2.86 bits per heavy atom. The summed E-state index contributed by atoms with van der Waals surface area (Å²) in [5, 5.41) is 7.82. The fraction of sp³-hybridized carbons (Fsp3) is 0.357. The zero-order valence-corrected chi connectivity index (χ0v) is 11.6. The van der Waals surface area contributed by atoms with Crippen molar-refractivity contribution in [2.75, 3.05) is 25.6 Å². The highest BCUT2D eigenvalue weighted by Crippen LogP contribution is 2.18. The van der Waals surface area contributed by atoms with Crippen LogP contribution in [0.3, 0.4) is 0 Å². The van der Waals surface area contributed by atoms with Gasteiger partial charge in [-0.25, -0.2) is 0 Å². The number of hydrogen-bond acceptors (Lipinski definition) is 4. The van der Waals surface area contributed by atoms with Gasteiger partial charge < -0.3 is 20.7 Å². The van der Waals surface area contributed by atoms with Gasteiger partial charge in [0.2, 0.25) is 11.8 Å². The predicted octanol–water partition coefficient (Wildman–Crippen LogP) is -0.110. The number of nitrogens with one attached hydrogen (secondary N) is 3. The lowest BCUT2D eigenvalue weighted by molar-refractivity contribution is -0.125. The smallest absolute Gasteiger partial charge is 0.254 e. The van der Waals surface area contributed by atoms with Crippen LogP contribution in [0.25, 0.3) is 0 Å². The van der Waals surface area contributed by atoms with Gasteiger partial charge in [0.1, 0.15) is 6.04 Å². The van der Waals surface area contributed by atoms with Crippen LogP contribution in [-0.2, 0) is 14.3 Å². The third-order valence-electron chi connectivity index (χ3n) is 3.07. The third-order valence-corrected chi connectivity index (χ3v) is 3.07. The van der Waals surface area contributed by atoms with Crippen LogP contribution in [0.2, 0.25) is 0 Å². The van der Waals surface area contributed by atoms with Crippen LogP contribution in [0.4, 0.5) is 5.69 Å². The van der Waals surface area contributed by atoms with E-state index in [1.165, 1.54) is 7.11 Å². The molecule has 3 N–H and O–H groups in total. The first-order chi connectivity index (χ1) is 10.1. The van der Waals surface area contributed by atoms with E-state index in [-0.39, 0.29) is 18.2 Å². The van der Waals surface area contributed by atoms with Crippen LogP contribution in [0.5, 0.6) is 0 Å². The Balaban J connectivity index is 2.02. The van der Waals surface area contributed by atoms with Crippen molar-refractivity contribution < 1.29 is 19.1 Å². The number of hydrogen-bond donors (Lipinski definition) is 3. The SMILES string of the molecule is COCCNC(=O)CC1NC(=O)c2ccccc2NC1=O. The summed E-state index contributed by atoms with van der Waals surface area (Å²) in [6.07, 6.45) is -0.116. The van der Waals surface area contributed by atoms with Gasteiger partial charge in [0, 0.05) is 13.7 Å². The van der Waals surface area contributed by atoms with Gasteiger partial charge in [0.15, 0.2) is 0 Å². The van der Waals surface area contributed by atoms with Gasteiger partial charge in [0.25, 0.3) is 5.91 Å². The molecule has 1 aromatic rings. The van der Waals surface area contributed by atoms with E-state index >= 15 is 0 Å². The largest absolute Gasteiger partial charge is 0.383 e. The maximum atomic E-state index is 12.1. The Labute approximate surface area is 122 Å². The third kappa shape index (κ3) is 3.79. The van der Waals surface area contributed by atoms with E-state index in [1.54, 1.807) is 24.3 Å². The maximum Gasteiger partial charge on any atom is 0.254 e. The van der Waals surface area contributed by atoms with Crippen molar-refractivity contribution in [1.82, 2.24) is 10.6 Å². The van der Waals surface area contributed by atoms with E-state index in [2.05, 4.69) is 16.0 Å². The number of para-hydroxylation sites is 1. The van der Waals surface area contributed by atoms with E-state index in [0.29, 0.717) is 24.4 Å². The molecule has 1 aromatic carbocycles. The average Bonchev–Trinajstić information content (AvgIpc) is 2.57. The second-order valence-corrected chi connectivity index (χ2v) is 4.61. The molecule has 7 nitrogen and oxygen atoms in total. The van der Waals surface area contributed by atoms with Gasteiger partial charge in [-0.15, -0.1) is 0 Å². The topological polar surface area (TPSA) is 96.5 Å². The molecule has 0 fully saturated rings. The number of benzene rings is 1. The van der Waals surface area contributed by atoms with Gasteiger partial charge in [-0.2, -0.15) is 0 Å². The Bertz CT molecular complexity index is 559. The van der Waals surface area contributed by atoms with Crippen molar-refractivity contribution in [2.45, 2.75) is 12.5 Å². The van der Waals surface area contributed by atoms with Crippen LogP contribution in [-0.4, -0.2) is 44.0 Å². The number of ether oxygens (including phenoxy) is 1. The van der Waals surface area contributed by atoms with E-state index in [1.807, 2.05) is 0 Å². The van der Waals surface area contributed by atoms with Crippen LogP contribution in [0.15, 0.2) is 24.3 Å². The van der Waals surface area contributed by atoms with Crippen molar-refractivity contribution >= 4 is 23.4 Å². The van der Waals surface area contributed by atoms with E-state index in [9.17, 15) is 14.4 Å². The summed E-state index contributed by atoms with van der Waals surface area (Å²) in [6.45, 7) is 0.748. The molecule has 1 unspecified atom stereocenters. The number of carbonyl (C=O) groups is 3. The highest BCUT2D eigenvalue weighted by Gasteiger charge is 2.29. The lowest BCUT2D eigenvalue weighted by atomic mass is 10.1. The van der Waals surface area contributed by atoms with E-state index in [0.717, 1.165) is 0 Å². The highest BCUT2D eigenvalue weighted by molar-refractivity contribution is 6.10. The Morgan fingerprint density at radius 1 is 1.33 bits per heavy atom. The Hall–Kier alpha value is -2.41. The summed E-state index contributed by atoms with van der Waals surface area (Å²) in [7, 11) is 1.53. The minimum absolute atomic E-state index is 0.116. The lowest BCUT2D eigenvalue weighted by Gasteiger charge is -2.14. The number of fused-ring (bicyclic) bond motifs is 1. The van der Waals surface area contributed by atoms with Crippen molar-refractivity contribution in [3.8, 4) is 0 Å². The van der Waals surface area contributed by atoms with Gasteiger partial charge in [-0.3, -0.25) is 14.4 Å². The summed E-state index contributed by atoms with van der Waals surface area (Å²) in [6, 6.07) is 5.80. The predicted molar refractivity (Wildman–Crippen MR) is 75.8 cm³/mol. The van der Waals surface area contributed by atoms with Gasteiger partial charge >= 0.3 is 0 Å². The fourth-order valence-electron chi connectivity index (χ4n) is 2.01. The molecule has 3 amide bonds. The molecule has 0 aromatic heterocycles. The van der Waals surface area contributed by atoms with Gasteiger partial charge in [-0.1, -0.05) is 12.1 Å². The minimum Gasteiger partial charge on any atom is -0.383 e. The zero-order valence-electron chi connectivity index (χ0n) is 11.6. The molecule has 1 atom stereocenters. The van der Waals surface area contributed by atoms with Crippen molar-refractivity contribution in [3.05, 3.63) is 29.8 Å². The lowest BCUT2D eigenvalue weighted by Crippen LogP contribution is -2.44. The van der Waals surface area contributed by atoms with Crippen molar-refractivity contribution in [2.24, 2.45) is 0 Å². The monoisotopic (exact) mass is 291 g/mol. The highest BCUT2D eigenvalue weighted by atomic mass is 16.5. The quantitative estimate of drug-likeness (QED) is 0.659. The molecular weight excluding hydrogens is 274 g/mol. The van der Waals surface area contributed by atoms with E-state index in [4.69, 9.17) is 4.74 Å². The van der Waals surface area contributed by atoms with Gasteiger partial charge in [0.05, 0.1) is 24.3 Å². The molecular formula is C14H17N3O4. The first kappa shape index (κ1) is 15.0. The molecule has 1 aliphatic heterocycles. The molecule has 0 radical (unpaired) electrons. The zero-order chi connectivity index (χ0) is 15.2. The normalized spacial score (nSPS) is 17.3. The first-order valence-electron chi connectivity index (χ1n) is 6.58. The Kier molecular flexibility index (Phi) is 4.89. The number of methoxy groups -OCH3 is 1. The second kappa shape index (κ2) is 6.85. The number of anilines is 1. The summed E-state index contributed by atoms with van der Waals surface area (Å²) < 4.78 is 4.82. The van der Waals surface area contributed by atoms with Gasteiger partial charge in [-0.05, 0) is 12.1 Å². The first-order valence-corrected chi connectivity index (χ1v) is 6.58. The second-order valence-electron chi connectivity index (χ2n) is 4.61. The number of rotatable bonds is 5. The molecule has 7 heteroatoms. The summed E-state index contributed by atoms with van der Waals surface area (Å²) in [5.74, 6) is -1.10. The van der Waals surface area contributed by atoms with Crippen LogP contribution in [0.1, 0.15) is 16.8 Å². The maximum absolute atomic E-state index is 12.1. The summed E-state index contributed by atoms with van der Waals surface area (Å²) in [5.41, 5.74) is 0.829. The van der Waals surface area contributed by atoms with Crippen LogP contribution < -0.4 is 16.0 Å². The summed E-state index contributed by atoms with van der Waals surface area (Å²) >= 11 is 0. The molecule has 0 bridgehead atoms. The van der Waals surface area contributed by atoms with E-state index < -0.39 is 11.9 Å². The molecule has 1 aliphatic rings. The standard InChI is InChI=1S/C14H17N3O4/c1-21-7-6-15-12(18)8-11-14(20)16-10-5-3-2-4-9(10)13(19)17-11/h2-5,11H,6-8H2,1H3,(H,15,18)(H,16,20)(H,17,19). The van der Waals surface area contributed by atoms with Crippen LogP contribution >= 0.6 is 0 Å². The molecule has 0 saturated heterocycles. The molecule has 112 valence electrons. The average molecular weight is 291 g/mol. The number of amides is 3. The molecule has 1 heterocycles. The molecule has 0 saturated carbocycles. The molecule has 0 spiro atoms.